The van der Waals surface area contributed by atoms with Crippen LogP contribution in [0.4, 0.5) is 17.1 Å². The number of anilines is 2. The zero-order valence-corrected chi connectivity index (χ0v) is 14.0. The first kappa shape index (κ1) is 14.7. The largest absolute Gasteiger partial charge is 0.353 e. The summed E-state index contributed by atoms with van der Waals surface area (Å²) < 4.78 is 0. The van der Waals surface area contributed by atoms with Gasteiger partial charge in [0.1, 0.15) is 0 Å². The summed E-state index contributed by atoms with van der Waals surface area (Å²) in [6.07, 6.45) is 2.28. The van der Waals surface area contributed by atoms with Crippen molar-refractivity contribution in [1.29, 1.82) is 0 Å². The highest BCUT2D eigenvalue weighted by Gasteiger charge is 2.26. The van der Waals surface area contributed by atoms with E-state index in [0.717, 1.165) is 53.6 Å². The molecule has 2 aromatic rings. The second-order valence-electron chi connectivity index (χ2n) is 6.41. The van der Waals surface area contributed by atoms with Crippen molar-refractivity contribution in [2.75, 3.05) is 25.5 Å². The van der Waals surface area contributed by atoms with E-state index >= 15 is 0 Å². The van der Waals surface area contributed by atoms with Crippen molar-refractivity contribution >= 4 is 34.4 Å². The molecular formula is C19H20ClN3. The van der Waals surface area contributed by atoms with Crippen LogP contribution in [0.2, 0.25) is 5.02 Å². The predicted octanol–water partition coefficient (Wildman–Crippen LogP) is 4.86. The lowest BCUT2D eigenvalue weighted by atomic mass is 9.87. The van der Waals surface area contributed by atoms with Crippen LogP contribution < -0.4 is 5.32 Å². The Morgan fingerprint density at radius 1 is 1.09 bits per heavy atom. The minimum absolute atomic E-state index is 0.483. The van der Waals surface area contributed by atoms with E-state index in [-0.39, 0.29) is 0 Å². The zero-order chi connectivity index (χ0) is 15.8. The zero-order valence-electron chi connectivity index (χ0n) is 13.2. The molecule has 0 amide bonds. The van der Waals surface area contributed by atoms with Gasteiger partial charge < -0.3 is 10.2 Å². The van der Waals surface area contributed by atoms with Gasteiger partial charge in [0.05, 0.1) is 17.1 Å². The smallest absolute Gasteiger partial charge is 0.0868 e. The van der Waals surface area contributed by atoms with Crippen LogP contribution in [0.5, 0.6) is 0 Å². The Hall–Kier alpha value is -1.84. The first-order valence-corrected chi connectivity index (χ1v) is 8.51. The van der Waals surface area contributed by atoms with Gasteiger partial charge in [0.2, 0.25) is 0 Å². The van der Waals surface area contributed by atoms with Crippen LogP contribution in [0, 0.1) is 5.92 Å². The van der Waals surface area contributed by atoms with Crippen LogP contribution >= 0.6 is 11.6 Å². The van der Waals surface area contributed by atoms with Gasteiger partial charge >= 0.3 is 0 Å². The van der Waals surface area contributed by atoms with Gasteiger partial charge in [0.25, 0.3) is 0 Å². The molecule has 0 aromatic heterocycles. The van der Waals surface area contributed by atoms with E-state index in [1.807, 2.05) is 24.3 Å². The molecule has 2 aromatic carbocycles. The Morgan fingerprint density at radius 2 is 1.87 bits per heavy atom. The Labute approximate surface area is 142 Å². The molecule has 4 heteroatoms. The summed E-state index contributed by atoms with van der Waals surface area (Å²) in [5.74, 6) is 0.483. The average Bonchev–Trinajstić information content (AvgIpc) is 2.72. The van der Waals surface area contributed by atoms with Crippen LogP contribution in [-0.2, 0) is 0 Å². The maximum Gasteiger partial charge on any atom is 0.0868 e. The first-order chi connectivity index (χ1) is 11.2. The van der Waals surface area contributed by atoms with Gasteiger partial charge in [-0.15, -0.1) is 0 Å². The molecule has 0 unspecified atom stereocenters. The molecule has 1 saturated heterocycles. The van der Waals surface area contributed by atoms with Crippen molar-refractivity contribution in [3.8, 4) is 0 Å². The van der Waals surface area contributed by atoms with Crippen LogP contribution in [-0.4, -0.2) is 30.7 Å². The third-order valence-corrected chi connectivity index (χ3v) is 5.01. The minimum atomic E-state index is 0.483. The molecule has 23 heavy (non-hydrogen) atoms. The standard InChI is InChI=1S/C19H20ClN3/c1-23-10-8-13(9-11-23)19-15-12-14(20)6-7-16(15)21-17-4-2-3-5-18(17)22-19/h2-7,12-13,21H,8-11H2,1H3. The summed E-state index contributed by atoms with van der Waals surface area (Å²) in [5, 5.41) is 4.29. The summed E-state index contributed by atoms with van der Waals surface area (Å²) in [5.41, 5.74) is 5.47. The highest BCUT2D eigenvalue weighted by Crippen LogP contribution is 2.38. The Balaban J connectivity index is 1.84. The number of benzene rings is 2. The lowest BCUT2D eigenvalue weighted by molar-refractivity contribution is 0.252. The van der Waals surface area contributed by atoms with Crippen molar-refractivity contribution in [2.24, 2.45) is 10.9 Å². The van der Waals surface area contributed by atoms with Crippen LogP contribution in [0.3, 0.4) is 0 Å². The fourth-order valence-corrected chi connectivity index (χ4v) is 3.61. The van der Waals surface area contributed by atoms with Gasteiger partial charge in [-0.2, -0.15) is 0 Å². The number of aliphatic imine (C=N–C) groups is 1. The van der Waals surface area contributed by atoms with E-state index in [4.69, 9.17) is 16.6 Å². The molecule has 0 aliphatic carbocycles. The summed E-state index contributed by atoms with van der Waals surface area (Å²) in [7, 11) is 2.19. The number of rotatable bonds is 1. The minimum Gasteiger partial charge on any atom is -0.353 e. The van der Waals surface area contributed by atoms with Gasteiger partial charge in [-0.1, -0.05) is 23.7 Å². The molecular weight excluding hydrogens is 306 g/mol. The number of halogens is 1. The third kappa shape index (κ3) is 2.87. The molecule has 2 heterocycles. The van der Waals surface area contributed by atoms with E-state index in [1.165, 1.54) is 5.71 Å². The monoisotopic (exact) mass is 325 g/mol. The highest BCUT2D eigenvalue weighted by molar-refractivity contribution is 6.31. The van der Waals surface area contributed by atoms with Crippen LogP contribution in [0.1, 0.15) is 18.4 Å². The molecule has 3 nitrogen and oxygen atoms in total. The van der Waals surface area contributed by atoms with Crippen molar-refractivity contribution in [3.05, 3.63) is 53.1 Å². The van der Waals surface area contributed by atoms with E-state index in [9.17, 15) is 0 Å². The maximum absolute atomic E-state index is 6.28. The van der Waals surface area contributed by atoms with E-state index in [2.05, 4.69) is 35.5 Å². The number of likely N-dealkylation sites (tertiary alicyclic amines) is 1. The number of para-hydroxylation sites is 2. The van der Waals surface area contributed by atoms with E-state index in [1.54, 1.807) is 0 Å². The first-order valence-electron chi connectivity index (χ1n) is 8.14. The summed E-state index contributed by atoms with van der Waals surface area (Å²) in [4.78, 5) is 7.44. The number of hydrogen-bond donors (Lipinski definition) is 1. The molecule has 4 rings (SSSR count). The van der Waals surface area contributed by atoms with Crippen LogP contribution in [0.15, 0.2) is 47.5 Å². The van der Waals surface area contributed by atoms with Gasteiger partial charge in [-0.25, -0.2) is 0 Å². The second-order valence-corrected chi connectivity index (χ2v) is 6.84. The van der Waals surface area contributed by atoms with Gasteiger partial charge in [-0.05, 0) is 63.3 Å². The molecule has 0 bridgehead atoms. The normalized spacial score (nSPS) is 18.4. The van der Waals surface area contributed by atoms with Gasteiger partial charge in [0, 0.05) is 22.2 Å². The van der Waals surface area contributed by atoms with Crippen molar-refractivity contribution in [2.45, 2.75) is 12.8 Å². The molecule has 2 aliphatic heterocycles. The maximum atomic E-state index is 6.28. The van der Waals surface area contributed by atoms with Gasteiger partial charge in [-0.3, -0.25) is 4.99 Å². The molecule has 0 radical (unpaired) electrons. The highest BCUT2D eigenvalue weighted by atomic mass is 35.5. The average molecular weight is 326 g/mol. The number of piperidine rings is 1. The number of nitrogens with one attached hydrogen (secondary N) is 1. The Kier molecular flexibility index (Phi) is 3.83. The molecule has 1 fully saturated rings. The summed E-state index contributed by atoms with van der Waals surface area (Å²) in [6.45, 7) is 2.24. The molecule has 2 aliphatic rings. The lowest BCUT2D eigenvalue weighted by Crippen LogP contribution is -2.34. The van der Waals surface area contributed by atoms with E-state index < -0.39 is 0 Å². The summed E-state index contributed by atoms with van der Waals surface area (Å²) >= 11 is 6.28. The van der Waals surface area contributed by atoms with E-state index in [0.29, 0.717) is 5.92 Å². The second kappa shape index (κ2) is 5.99. The fraction of sp³-hybridized carbons (Fsp3) is 0.316. The molecule has 118 valence electrons. The van der Waals surface area contributed by atoms with Crippen LogP contribution in [0.25, 0.3) is 0 Å². The molecule has 0 spiro atoms. The van der Waals surface area contributed by atoms with Gasteiger partial charge in [0.15, 0.2) is 0 Å². The quantitative estimate of drug-likeness (QED) is 0.810. The SMILES string of the molecule is CN1CCC(C2=Nc3ccccc3Nc3ccc(Cl)cc32)CC1. The number of hydrogen-bond acceptors (Lipinski definition) is 3. The third-order valence-electron chi connectivity index (χ3n) is 4.78. The molecule has 0 saturated carbocycles. The predicted molar refractivity (Wildman–Crippen MR) is 97.6 cm³/mol. The number of fused-ring (bicyclic) bond motifs is 2. The summed E-state index contributed by atoms with van der Waals surface area (Å²) in [6, 6.07) is 14.3. The number of nitrogens with zero attached hydrogens (tertiary/aromatic N) is 2. The lowest BCUT2D eigenvalue weighted by Gasteiger charge is -2.30. The molecule has 1 N–H and O–H groups in total. The molecule has 0 atom stereocenters. The topological polar surface area (TPSA) is 27.6 Å². The fourth-order valence-electron chi connectivity index (χ4n) is 3.44. The van der Waals surface area contributed by atoms with Crippen molar-refractivity contribution < 1.29 is 0 Å². The van der Waals surface area contributed by atoms with Crippen molar-refractivity contribution in [1.82, 2.24) is 4.90 Å². The Morgan fingerprint density at radius 3 is 2.70 bits per heavy atom. The Bertz CT molecular complexity index is 761. The van der Waals surface area contributed by atoms with Crippen molar-refractivity contribution in [3.63, 3.8) is 0 Å².